The van der Waals surface area contributed by atoms with Crippen molar-refractivity contribution in [2.75, 3.05) is 5.32 Å². The van der Waals surface area contributed by atoms with Crippen molar-refractivity contribution in [2.45, 2.75) is 18.9 Å². The second-order valence-electron chi connectivity index (χ2n) is 5.08. The van der Waals surface area contributed by atoms with Gasteiger partial charge in [-0.3, -0.25) is 5.32 Å². The van der Waals surface area contributed by atoms with Crippen LogP contribution < -0.4 is 10.0 Å². The number of nitrogens with zero attached hydrogens (tertiary/aromatic N) is 3. The first-order chi connectivity index (χ1) is 11.5. The van der Waals surface area contributed by atoms with E-state index >= 15 is 0 Å². The van der Waals surface area contributed by atoms with Crippen LogP contribution in [0.1, 0.15) is 21.9 Å². The molecule has 0 saturated carbocycles. The van der Waals surface area contributed by atoms with Gasteiger partial charge in [0, 0.05) is 18.4 Å². The Hall–Kier alpha value is -2.47. The number of urea groups is 1. The van der Waals surface area contributed by atoms with Crippen LogP contribution in [0.25, 0.3) is 0 Å². The summed E-state index contributed by atoms with van der Waals surface area (Å²) in [6.07, 6.45) is 0. The quantitative estimate of drug-likeness (QED) is 0.663. The number of aryl methyl sites for hydroxylation is 2. The number of hydrogen-bond acceptors (Lipinski definition) is 6. The topological polar surface area (TPSA) is 143 Å². The molecule has 2 amide bonds. The van der Waals surface area contributed by atoms with Crippen LogP contribution in [0.4, 0.5) is 10.7 Å². The van der Waals surface area contributed by atoms with Gasteiger partial charge in [0.15, 0.2) is 5.03 Å². The predicted octanol–water partition coefficient (Wildman–Crippen LogP) is 1.40. The van der Waals surface area contributed by atoms with E-state index in [1.165, 1.54) is 7.05 Å². The highest BCUT2D eigenvalue weighted by Gasteiger charge is 2.28. The van der Waals surface area contributed by atoms with Crippen LogP contribution in [0.3, 0.4) is 0 Å². The molecule has 0 fully saturated rings. The number of aromatic nitrogens is 3. The molecular formula is C13H14BrN5O5S. The summed E-state index contributed by atoms with van der Waals surface area (Å²) in [5.41, 5.74) is 0.939. The largest absolute Gasteiger partial charge is 0.477 e. The molecule has 12 heteroatoms. The maximum atomic E-state index is 12.4. The van der Waals surface area contributed by atoms with Gasteiger partial charge in [0.2, 0.25) is 5.95 Å². The first-order valence-electron chi connectivity index (χ1n) is 6.76. The molecule has 3 N–H and O–H groups in total. The van der Waals surface area contributed by atoms with Gasteiger partial charge in [0.25, 0.3) is 10.0 Å². The van der Waals surface area contributed by atoms with Crippen molar-refractivity contribution in [3.63, 3.8) is 0 Å². The van der Waals surface area contributed by atoms with Gasteiger partial charge >= 0.3 is 12.0 Å². The van der Waals surface area contributed by atoms with Gasteiger partial charge in [-0.15, -0.1) is 0 Å². The highest BCUT2D eigenvalue weighted by atomic mass is 79.9. The lowest BCUT2D eigenvalue weighted by atomic mass is 10.4. The summed E-state index contributed by atoms with van der Waals surface area (Å²) in [6, 6.07) is 1.74. The number of carbonyl (C=O) groups excluding carboxylic acids is 1. The number of carbonyl (C=O) groups is 2. The van der Waals surface area contributed by atoms with Crippen LogP contribution in [0.15, 0.2) is 21.6 Å². The number of halogens is 1. The number of sulfonamides is 1. The number of rotatable bonds is 4. The fraction of sp³-hybridized carbons (Fsp3) is 0.231. The SMILES string of the molecule is Cc1cc(C)nc(NC(=O)NS(=O)(=O)c2c(Br)cc(C(=O)O)n2C)n1. The van der Waals surface area contributed by atoms with Crippen molar-refractivity contribution >= 4 is 43.9 Å². The van der Waals surface area contributed by atoms with Crippen LogP contribution in [-0.2, 0) is 17.1 Å². The molecule has 0 unspecified atom stereocenters. The van der Waals surface area contributed by atoms with E-state index in [0.29, 0.717) is 11.4 Å². The lowest BCUT2D eigenvalue weighted by Gasteiger charge is -2.10. The molecule has 0 aliphatic heterocycles. The molecule has 0 aromatic carbocycles. The molecule has 0 aliphatic carbocycles. The zero-order valence-corrected chi connectivity index (χ0v) is 15.8. The second-order valence-corrected chi connectivity index (χ2v) is 7.53. The average molecular weight is 432 g/mol. The van der Waals surface area contributed by atoms with Crippen molar-refractivity contribution in [1.29, 1.82) is 0 Å². The lowest BCUT2D eigenvalue weighted by Crippen LogP contribution is -2.36. The van der Waals surface area contributed by atoms with Crippen molar-refractivity contribution in [3.05, 3.63) is 33.7 Å². The molecule has 134 valence electrons. The fourth-order valence-electron chi connectivity index (χ4n) is 2.14. The fourth-order valence-corrected chi connectivity index (χ4v) is 4.43. The van der Waals surface area contributed by atoms with Gasteiger partial charge in [-0.25, -0.2) is 24.3 Å². The van der Waals surface area contributed by atoms with Crippen LogP contribution in [-0.4, -0.2) is 40.1 Å². The molecule has 0 saturated heterocycles. The molecule has 0 bridgehead atoms. The minimum atomic E-state index is -4.34. The van der Waals surface area contributed by atoms with Crippen molar-refractivity contribution in [1.82, 2.24) is 19.3 Å². The van der Waals surface area contributed by atoms with Gasteiger partial charge < -0.3 is 9.67 Å². The average Bonchev–Trinajstić information content (AvgIpc) is 2.72. The van der Waals surface area contributed by atoms with E-state index < -0.39 is 27.0 Å². The second kappa shape index (κ2) is 6.80. The van der Waals surface area contributed by atoms with Crippen LogP contribution in [0.5, 0.6) is 0 Å². The van der Waals surface area contributed by atoms with E-state index in [4.69, 9.17) is 5.11 Å². The molecule has 0 radical (unpaired) electrons. The number of anilines is 1. The minimum Gasteiger partial charge on any atom is -0.477 e. The molecule has 0 spiro atoms. The monoisotopic (exact) mass is 431 g/mol. The molecule has 2 heterocycles. The summed E-state index contributed by atoms with van der Waals surface area (Å²) in [4.78, 5) is 31.0. The molecule has 2 rings (SSSR count). The summed E-state index contributed by atoms with van der Waals surface area (Å²) in [5.74, 6) is -1.36. The molecule has 10 nitrogen and oxygen atoms in total. The highest BCUT2D eigenvalue weighted by Crippen LogP contribution is 2.25. The van der Waals surface area contributed by atoms with Crippen molar-refractivity contribution in [3.8, 4) is 0 Å². The Kier molecular flexibility index (Phi) is 5.13. The van der Waals surface area contributed by atoms with E-state index in [1.807, 2.05) is 0 Å². The summed E-state index contributed by atoms with van der Waals surface area (Å²) in [6.45, 7) is 3.39. The van der Waals surface area contributed by atoms with Gasteiger partial charge in [0.05, 0.1) is 4.47 Å². The standard InChI is InChI=1S/C13H14BrN5O5S/c1-6-4-7(2)16-12(15-6)17-13(22)18-25(23,24)10-8(14)5-9(11(20)21)19(10)3/h4-5H,1-3H3,(H,20,21)(H2,15,16,17,18,22). The molecule has 25 heavy (non-hydrogen) atoms. The molecule has 2 aromatic heterocycles. The summed E-state index contributed by atoms with van der Waals surface area (Å²) >= 11 is 2.99. The Morgan fingerprint density at radius 2 is 1.76 bits per heavy atom. The first-order valence-corrected chi connectivity index (χ1v) is 9.03. The molecular weight excluding hydrogens is 418 g/mol. The summed E-state index contributed by atoms with van der Waals surface area (Å²) < 4.78 is 27.5. The van der Waals surface area contributed by atoms with E-state index in [2.05, 4.69) is 31.2 Å². The number of amides is 2. The Balaban J connectivity index is 2.27. The van der Waals surface area contributed by atoms with Crippen LogP contribution in [0.2, 0.25) is 0 Å². The first kappa shape index (κ1) is 18.9. The molecule has 2 aromatic rings. The molecule has 0 aliphatic rings. The Morgan fingerprint density at radius 3 is 2.24 bits per heavy atom. The van der Waals surface area contributed by atoms with Crippen molar-refractivity contribution < 1.29 is 23.1 Å². The normalized spacial score (nSPS) is 11.2. The highest BCUT2D eigenvalue weighted by molar-refractivity contribution is 9.10. The number of hydrogen-bond donors (Lipinski definition) is 3. The Morgan fingerprint density at radius 1 is 1.20 bits per heavy atom. The zero-order chi connectivity index (χ0) is 18.9. The van der Waals surface area contributed by atoms with E-state index in [-0.39, 0.29) is 16.1 Å². The smallest absolute Gasteiger partial charge is 0.352 e. The number of aromatic carboxylic acids is 1. The van der Waals surface area contributed by atoms with Gasteiger partial charge in [-0.2, -0.15) is 8.42 Å². The minimum absolute atomic E-state index is 0.00958. The molecule has 0 atom stereocenters. The van der Waals surface area contributed by atoms with E-state index in [1.54, 1.807) is 24.6 Å². The lowest BCUT2D eigenvalue weighted by molar-refractivity contribution is 0.0685. The van der Waals surface area contributed by atoms with Gasteiger partial charge in [-0.05, 0) is 41.9 Å². The van der Waals surface area contributed by atoms with Gasteiger partial charge in [0.1, 0.15) is 5.69 Å². The number of carboxylic acid groups (broad SMARTS) is 1. The van der Waals surface area contributed by atoms with Crippen LogP contribution >= 0.6 is 15.9 Å². The van der Waals surface area contributed by atoms with E-state index in [9.17, 15) is 18.0 Å². The number of nitrogens with one attached hydrogen (secondary N) is 2. The number of carboxylic acids is 1. The third-order valence-electron chi connectivity index (χ3n) is 3.04. The predicted molar refractivity (Wildman–Crippen MR) is 90.9 cm³/mol. The van der Waals surface area contributed by atoms with Crippen LogP contribution in [0, 0.1) is 13.8 Å². The Labute approximate surface area is 151 Å². The third-order valence-corrected chi connectivity index (χ3v) is 5.37. The zero-order valence-electron chi connectivity index (χ0n) is 13.4. The summed E-state index contributed by atoms with van der Waals surface area (Å²) in [7, 11) is -3.08. The third kappa shape index (κ3) is 4.14. The maximum Gasteiger partial charge on any atom is 0.352 e. The summed E-state index contributed by atoms with van der Waals surface area (Å²) in [5, 5.41) is 10.9. The van der Waals surface area contributed by atoms with E-state index in [0.717, 1.165) is 10.6 Å². The van der Waals surface area contributed by atoms with Crippen molar-refractivity contribution in [2.24, 2.45) is 7.05 Å². The Bertz CT molecular complexity index is 949. The maximum absolute atomic E-state index is 12.4. The van der Waals surface area contributed by atoms with Gasteiger partial charge in [-0.1, -0.05) is 0 Å².